The average molecular weight is 234 g/mol. The SMILES string of the molecule is CC(c1ccccc1O)N1CCCC(CN)C1. The van der Waals surface area contributed by atoms with E-state index in [4.69, 9.17) is 5.73 Å². The first kappa shape index (κ1) is 12.4. The lowest BCUT2D eigenvalue weighted by Gasteiger charge is -2.36. The molecule has 1 aromatic rings. The van der Waals surface area contributed by atoms with Crippen LogP contribution in [0.4, 0.5) is 0 Å². The minimum absolute atomic E-state index is 0.269. The Morgan fingerprint density at radius 2 is 2.24 bits per heavy atom. The molecule has 2 unspecified atom stereocenters. The van der Waals surface area contributed by atoms with Crippen LogP contribution in [0.25, 0.3) is 0 Å². The number of nitrogens with zero attached hydrogens (tertiary/aromatic N) is 1. The van der Waals surface area contributed by atoms with Gasteiger partial charge in [0.05, 0.1) is 0 Å². The van der Waals surface area contributed by atoms with Crippen LogP contribution in [-0.4, -0.2) is 29.6 Å². The summed E-state index contributed by atoms with van der Waals surface area (Å²) in [6.07, 6.45) is 2.44. The molecule has 2 rings (SSSR count). The van der Waals surface area contributed by atoms with Crippen molar-refractivity contribution >= 4 is 0 Å². The Balaban J connectivity index is 2.09. The largest absolute Gasteiger partial charge is 0.508 e. The fraction of sp³-hybridized carbons (Fsp3) is 0.571. The maximum atomic E-state index is 9.88. The van der Waals surface area contributed by atoms with Gasteiger partial charge < -0.3 is 10.8 Å². The summed E-state index contributed by atoms with van der Waals surface area (Å²) in [4.78, 5) is 2.43. The molecule has 0 amide bonds. The second kappa shape index (κ2) is 5.52. The number of phenolic OH excluding ortho intramolecular Hbond substituents is 1. The molecule has 1 aromatic carbocycles. The number of para-hydroxylation sites is 1. The number of benzene rings is 1. The third-order valence-electron chi connectivity index (χ3n) is 3.82. The molecule has 0 aromatic heterocycles. The third-order valence-corrected chi connectivity index (χ3v) is 3.82. The molecule has 0 saturated carbocycles. The van der Waals surface area contributed by atoms with Crippen LogP contribution in [-0.2, 0) is 0 Å². The minimum Gasteiger partial charge on any atom is -0.508 e. The smallest absolute Gasteiger partial charge is 0.120 e. The van der Waals surface area contributed by atoms with Crippen molar-refractivity contribution in [3.05, 3.63) is 29.8 Å². The minimum atomic E-state index is 0.269. The van der Waals surface area contributed by atoms with Crippen molar-refractivity contribution in [1.29, 1.82) is 0 Å². The average Bonchev–Trinajstić information content (AvgIpc) is 2.38. The van der Waals surface area contributed by atoms with Crippen LogP contribution in [0.2, 0.25) is 0 Å². The van der Waals surface area contributed by atoms with Gasteiger partial charge in [-0.1, -0.05) is 18.2 Å². The van der Waals surface area contributed by atoms with Crippen LogP contribution in [0.1, 0.15) is 31.4 Å². The highest BCUT2D eigenvalue weighted by molar-refractivity contribution is 5.34. The number of nitrogens with two attached hydrogens (primary N) is 1. The molecule has 3 heteroatoms. The molecule has 1 aliphatic rings. The maximum absolute atomic E-state index is 9.88. The maximum Gasteiger partial charge on any atom is 0.120 e. The summed E-state index contributed by atoms with van der Waals surface area (Å²) in [5.74, 6) is 1.01. The Kier molecular flexibility index (Phi) is 4.02. The predicted molar refractivity (Wildman–Crippen MR) is 69.9 cm³/mol. The zero-order valence-corrected chi connectivity index (χ0v) is 10.5. The lowest BCUT2D eigenvalue weighted by atomic mass is 9.95. The summed E-state index contributed by atoms with van der Waals surface area (Å²) in [6.45, 7) is 5.08. The number of rotatable bonds is 3. The summed E-state index contributed by atoms with van der Waals surface area (Å²) in [6, 6.07) is 7.88. The molecule has 0 radical (unpaired) electrons. The van der Waals surface area contributed by atoms with Crippen molar-refractivity contribution in [3.8, 4) is 5.75 Å². The number of phenols is 1. The number of piperidine rings is 1. The van der Waals surface area contributed by atoms with Crippen molar-refractivity contribution in [1.82, 2.24) is 4.90 Å². The Bertz CT molecular complexity index is 367. The topological polar surface area (TPSA) is 49.5 Å². The summed E-state index contributed by atoms with van der Waals surface area (Å²) in [5.41, 5.74) is 6.78. The van der Waals surface area contributed by atoms with Crippen LogP contribution in [0.15, 0.2) is 24.3 Å². The van der Waals surface area contributed by atoms with E-state index in [0.29, 0.717) is 11.7 Å². The zero-order chi connectivity index (χ0) is 12.3. The highest BCUT2D eigenvalue weighted by Gasteiger charge is 2.24. The molecule has 94 valence electrons. The Hall–Kier alpha value is -1.06. The monoisotopic (exact) mass is 234 g/mol. The molecular weight excluding hydrogens is 212 g/mol. The fourth-order valence-electron chi connectivity index (χ4n) is 2.68. The molecular formula is C14H22N2O. The summed E-state index contributed by atoms with van der Waals surface area (Å²) in [5, 5.41) is 9.88. The van der Waals surface area contributed by atoms with E-state index in [9.17, 15) is 5.11 Å². The quantitative estimate of drug-likeness (QED) is 0.842. The van der Waals surface area contributed by atoms with Crippen LogP contribution < -0.4 is 5.73 Å². The summed E-state index contributed by atoms with van der Waals surface area (Å²) < 4.78 is 0. The van der Waals surface area contributed by atoms with Crippen LogP contribution in [0.3, 0.4) is 0 Å². The first-order valence-electron chi connectivity index (χ1n) is 6.44. The molecule has 1 heterocycles. The van der Waals surface area contributed by atoms with E-state index in [2.05, 4.69) is 11.8 Å². The van der Waals surface area contributed by atoms with Gasteiger partial charge in [-0.05, 0) is 44.8 Å². The van der Waals surface area contributed by atoms with Crippen molar-refractivity contribution in [3.63, 3.8) is 0 Å². The summed E-state index contributed by atoms with van der Waals surface area (Å²) in [7, 11) is 0. The van der Waals surface area contributed by atoms with Gasteiger partial charge in [0.1, 0.15) is 5.75 Å². The Morgan fingerprint density at radius 1 is 1.47 bits per heavy atom. The van der Waals surface area contributed by atoms with Gasteiger partial charge in [-0.25, -0.2) is 0 Å². The zero-order valence-electron chi connectivity index (χ0n) is 10.5. The van der Waals surface area contributed by atoms with E-state index in [1.165, 1.54) is 12.8 Å². The lowest BCUT2D eigenvalue weighted by Crippen LogP contribution is -2.39. The van der Waals surface area contributed by atoms with E-state index in [0.717, 1.165) is 25.2 Å². The highest BCUT2D eigenvalue weighted by atomic mass is 16.3. The second-order valence-corrected chi connectivity index (χ2v) is 4.97. The van der Waals surface area contributed by atoms with E-state index >= 15 is 0 Å². The number of hydrogen-bond acceptors (Lipinski definition) is 3. The molecule has 0 bridgehead atoms. The Morgan fingerprint density at radius 3 is 2.94 bits per heavy atom. The lowest BCUT2D eigenvalue weighted by molar-refractivity contribution is 0.133. The van der Waals surface area contributed by atoms with Crippen molar-refractivity contribution in [2.45, 2.75) is 25.8 Å². The standard InChI is InChI=1S/C14H22N2O/c1-11(13-6-2-3-7-14(13)17)16-8-4-5-12(9-15)10-16/h2-3,6-7,11-12,17H,4-5,8-10,15H2,1H3. The van der Waals surface area contributed by atoms with Gasteiger partial charge in [0, 0.05) is 18.2 Å². The molecule has 1 saturated heterocycles. The fourth-order valence-corrected chi connectivity index (χ4v) is 2.68. The summed E-state index contributed by atoms with van der Waals surface area (Å²) >= 11 is 0. The first-order chi connectivity index (χ1) is 8.22. The van der Waals surface area contributed by atoms with Gasteiger partial charge in [0.15, 0.2) is 0 Å². The molecule has 1 aliphatic heterocycles. The number of hydrogen-bond donors (Lipinski definition) is 2. The molecule has 1 fully saturated rings. The number of likely N-dealkylation sites (tertiary alicyclic amines) is 1. The van der Waals surface area contributed by atoms with Gasteiger partial charge in [-0.15, -0.1) is 0 Å². The van der Waals surface area contributed by atoms with E-state index < -0.39 is 0 Å². The molecule has 17 heavy (non-hydrogen) atoms. The van der Waals surface area contributed by atoms with Gasteiger partial charge >= 0.3 is 0 Å². The predicted octanol–water partition coefficient (Wildman–Crippen LogP) is 2.12. The van der Waals surface area contributed by atoms with Gasteiger partial charge in [-0.2, -0.15) is 0 Å². The highest BCUT2D eigenvalue weighted by Crippen LogP contribution is 2.30. The van der Waals surface area contributed by atoms with Crippen LogP contribution in [0.5, 0.6) is 5.75 Å². The van der Waals surface area contributed by atoms with Gasteiger partial charge in [0.2, 0.25) is 0 Å². The molecule has 3 nitrogen and oxygen atoms in total. The molecule has 0 spiro atoms. The van der Waals surface area contributed by atoms with Crippen molar-refractivity contribution < 1.29 is 5.11 Å². The van der Waals surface area contributed by atoms with E-state index in [-0.39, 0.29) is 6.04 Å². The van der Waals surface area contributed by atoms with Crippen molar-refractivity contribution in [2.24, 2.45) is 11.7 Å². The normalized spacial score (nSPS) is 23.5. The molecule has 3 N–H and O–H groups in total. The number of aromatic hydroxyl groups is 1. The second-order valence-electron chi connectivity index (χ2n) is 4.97. The molecule has 0 aliphatic carbocycles. The first-order valence-corrected chi connectivity index (χ1v) is 6.44. The van der Waals surface area contributed by atoms with Gasteiger partial charge in [0.25, 0.3) is 0 Å². The van der Waals surface area contributed by atoms with Crippen LogP contribution >= 0.6 is 0 Å². The van der Waals surface area contributed by atoms with Crippen LogP contribution in [0, 0.1) is 5.92 Å². The third kappa shape index (κ3) is 2.79. The van der Waals surface area contributed by atoms with E-state index in [1.807, 2.05) is 18.2 Å². The van der Waals surface area contributed by atoms with E-state index in [1.54, 1.807) is 6.07 Å². The molecule has 2 atom stereocenters. The Labute approximate surface area is 103 Å². The van der Waals surface area contributed by atoms with Crippen molar-refractivity contribution in [2.75, 3.05) is 19.6 Å². The van der Waals surface area contributed by atoms with Gasteiger partial charge in [-0.3, -0.25) is 4.90 Å².